The number of pyridine rings is 1. The maximum Gasteiger partial charge on any atom is 0.252 e. The highest BCUT2D eigenvalue weighted by molar-refractivity contribution is 6.43. The molecule has 1 amide bonds. The van der Waals surface area contributed by atoms with Crippen molar-refractivity contribution in [2.45, 2.75) is 45.1 Å². The molecule has 0 radical (unpaired) electrons. The molecule has 1 saturated heterocycles. The molecule has 7 heteroatoms. The van der Waals surface area contributed by atoms with Crippen molar-refractivity contribution in [1.29, 1.82) is 0 Å². The second-order valence-electron chi connectivity index (χ2n) is 9.18. The van der Waals surface area contributed by atoms with E-state index in [1.165, 1.54) is 19.3 Å². The number of hydrogen-bond donors (Lipinski definition) is 1. The zero-order valence-electron chi connectivity index (χ0n) is 20.4. The number of para-hydroxylation sites is 1. The maximum atomic E-state index is 12.4. The number of rotatable bonds is 4. The van der Waals surface area contributed by atoms with Crippen molar-refractivity contribution in [1.82, 2.24) is 15.2 Å². The summed E-state index contributed by atoms with van der Waals surface area (Å²) in [4.78, 5) is 21.4. The van der Waals surface area contributed by atoms with E-state index in [1.54, 1.807) is 12.3 Å². The predicted octanol–water partition coefficient (Wildman–Crippen LogP) is 6.43. The monoisotopic (exact) mass is 512 g/mol. The van der Waals surface area contributed by atoms with Crippen LogP contribution in [0.5, 0.6) is 0 Å². The zero-order chi connectivity index (χ0) is 24.6. The SMILES string of the molecule is CCN1CCN(c2cccc(Cl)c2Cl)CC1.O=C(NC1CCCCC1)c1ccnc2ccccc12. The Hall–Kier alpha value is -2.34. The van der Waals surface area contributed by atoms with Gasteiger partial charge in [-0.15, -0.1) is 0 Å². The van der Waals surface area contributed by atoms with Crippen LogP contribution in [0.2, 0.25) is 10.0 Å². The third kappa shape index (κ3) is 6.66. The Kier molecular flexibility index (Phi) is 9.25. The molecule has 5 nitrogen and oxygen atoms in total. The summed E-state index contributed by atoms with van der Waals surface area (Å²) in [6.45, 7) is 7.56. The smallest absolute Gasteiger partial charge is 0.252 e. The maximum absolute atomic E-state index is 12.4. The number of hydrogen-bond acceptors (Lipinski definition) is 4. The van der Waals surface area contributed by atoms with Gasteiger partial charge >= 0.3 is 0 Å². The summed E-state index contributed by atoms with van der Waals surface area (Å²) in [5.41, 5.74) is 2.67. The fourth-order valence-electron chi connectivity index (χ4n) is 4.85. The van der Waals surface area contributed by atoms with Gasteiger partial charge in [-0.05, 0) is 43.7 Å². The van der Waals surface area contributed by atoms with E-state index in [0.717, 1.165) is 67.7 Å². The first-order chi connectivity index (χ1) is 17.1. The van der Waals surface area contributed by atoms with Gasteiger partial charge in [-0.1, -0.05) is 73.7 Å². The van der Waals surface area contributed by atoms with Crippen LogP contribution >= 0.6 is 23.2 Å². The lowest BCUT2D eigenvalue weighted by Crippen LogP contribution is -2.46. The molecule has 2 aliphatic rings. The van der Waals surface area contributed by atoms with Crippen LogP contribution in [-0.4, -0.2) is 54.6 Å². The van der Waals surface area contributed by atoms with E-state index in [-0.39, 0.29) is 5.91 Å². The van der Waals surface area contributed by atoms with Gasteiger partial charge in [0, 0.05) is 43.8 Å². The van der Waals surface area contributed by atoms with Gasteiger partial charge in [0.15, 0.2) is 0 Å². The fraction of sp³-hybridized carbons (Fsp3) is 0.429. The Morgan fingerprint density at radius 2 is 1.71 bits per heavy atom. The average Bonchev–Trinajstić information content (AvgIpc) is 2.91. The highest BCUT2D eigenvalue weighted by atomic mass is 35.5. The van der Waals surface area contributed by atoms with Crippen LogP contribution in [0.25, 0.3) is 10.9 Å². The van der Waals surface area contributed by atoms with E-state index in [4.69, 9.17) is 23.2 Å². The molecule has 0 unspecified atom stereocenters. The van der Waals surface area contributed by atoms with Gasteiger partial charge in [0.25, 0.3) is 5.91 Å². The van der Waals surface area contributed by atoms with Crippen LogP contribution in [-0.2, 0) is 0 Å². The Labute approximate surface area is 218 Å². The molecular formula is C28H34Cl2N4O. The van der Waals surface area contributed by atoms with Gasteiger partial charge in [-0.3, -0.25) is 9.78 Å². The molecule has 5 rings (SSSR count). The lowest BCUT2D eigenvalue weighted by molar-refractivity contribution is 0.0929. The molecule has 1 aliphatic carbocycles. The van der Waals surface area contributed by atoms with Crippen molar-refractivity contribution in [2.75, 3.05) is 37.6 Å². The second kappa shape index (κ2) is 12.6. The quantitative estimate of drug-likeness (QED) is 0.437. The summed E-state index contributed by atoms with van der Waals surface area (Å²) in [5, 5.41) is 5.40. The van der Waals surface area contributed by atoms with Gasteiger partial charge in [0.05, 0.1) is 26.8 Å². The summed E-state index contributed by atoms with van der Waals surface area (Å²) in [5.74, 6) is 0.0329. The minimum absolute atomic E-state index is 0.0329. The number of nitrogens with zero attached hydrogens (tertiary/aromatic N) is 3. The summed E-state index contributed by atoms with van der Waals surface area (Å²) < 4.78 is 0. The molecule has 0 atom stereocenters. The Morgan fingerprint density at radius 3 is 2.46 bits per heavy atom. The van der Waals surface area contributed by atoms with Crippen molar-refractivity contribution in [3.63, 3.8) is 0 Å². The first-order valence-corrected chi connectivity index (χ1v) is 13.4. The van der Waals surface area contributed by atoms with Gasteiger partial charge in [-0.2, -0.15) is 0 Å². The Morgan fingerprint density at radius 1 is 0.971 bits per heavy atom. The summed E-state index contributed by atoms with van der Waals surface area (Å²) in [7, 11) is 0. The zero-order valence-corrected chi connectivity index (χ0v) is 21.9. The number of likely N-dealkylation sites (N-methyl/N-ethyl adjacent to an activating group) is 1. The number of anilines is 1. The van der Waals surface area contributed by atoms with Crippen molar-refractivity contribution >= 4 is 45.7 Å². The van der Waals surface area contributed by atoms with Crippen LogP contribution in [0.1, 0.15) is 49.4 Å². The number of nitrogens with one attached hydrogen (secondary N) is 1. The number of benzene rings is 2. The molecule has 1 saturated carbocycles. The fourth-order valence-corrected chi connectivity index (χ4v) is 5.26. The van der Waals surface area contributed by atoms with Crippen molar-refractivity contribution in [3.8, 4) is 0 Å². The molecule has 1 aromatic heterocycles. The van der Waals surface area contributed by atoms with Crippen LogP contribution < -0.4 is 10.2 Å². The lowest BCUT2D eigenvalue weighted by Gasteiger charge is -2.36. The number of piperazine rings is 1. The predicted molar refractivity (Wildman–Crippen MR) is 147 cm³/mol. The standard InChI is InChI=1S/C16H18N2O.C12H16Cl2N2/c19-16(18-12-6-2-1-3-7-12)14-10-11-17-15-9-5-4-8-13(14)15;1-2-15-6-8-16(9-7-15)11-5-3-4-10(13)12(11)14/h4-5,8-12H,1-3,6-7H2,(H,18,19);3-5H,2,6-9H2,1H3. The molecule has 186 valence electrons. The molecular weight excluding hydrogens is 479 g/mol. The lowest BCUT2D eigenvalue weighted by atomic mass is 9.95. The molecule has 2 aromatic carbocycles. The Balaban J connectivity index is 0.000000168. The van der Waals surface area contributed by atoms with Crippen molar-refractivity contribution < 1.29 is 4.79 Å². The third-order valence-electron chi connectivity index (χ3n) is 6.93. The minimum atomic E-state index is 0.0329. The molecule has 2 fully saturated rings. The van der Waals surface area contributed by atoms with E-state index >= 15 is 0 Å². The van der Waals surface area contributed by atoms with E-state index in [1.807, 2.05) is 42.5 Å². The van der Waals surface area contributed by atoms with Crippen LogP contribution in [0.3, 0.4) is 0 Å². The number of halogens is 2. The molecule has 3 aromatic rings. The first kappa shape index (κ1) is 25.7. The van der Waals surface area contributed by atoms with Gasteiger partial charge in [-0.25, -0.2) is 0 Å². The highest BCUT2D eigenvalue weighted by Crippen LogP contribution is 2.32. The van der Waals surface area contributed by atoms with E-state index in [2.05, 4.69) is 27.0 Å². The minimum Gasteiger partial charge on any atom is -0.368 e. The molecule has 35 heavy (non-hydrogen) atoms. The Bertz CT molecular complexity index is 1120. The van der Waals surface area contributed by atoms with E-state index < -0.39 is 0 Å². The van der Waals surface area contributed by atoms with E-state index in [0.29, 0.717) is 16.1 Å². The molecule has 1 N–H and O–H groups in total. The summed E-state index contributed by atoms with van der Waals surface area (Å²) in [6.07, 6.45) is 7.66. The topological polar surface area (TPSA) is 48.5 Å². The molecule has 2 heterocycles. The summed E-state index contributed by atoms with van der Waals surface area (Å²) >= 11 is 12.2. The van der Waals surface area contributed by atoms with Gasteiger partial charge in [0.2, 0.25) is 0 Å². The van der Waals surface area contributed by atoms with Gasteiger partial charge in [0.1, 0.15) is 0 Å². The normalized spacial score (nSPS) is 17.1. The second-order valence-corrected chi connectivity index (χ2v) is 9.96. The number of carbonyl (C=O) groups excluding carboxylic acids is 1. The molecule has 0 spiro atoms. The number of amides is 1. The third-order valence-corrected chi connectivity index (χ3v) is 7.73. The molecule has 1 aliphatic heterocycles. The number of carbonyl (C=O) groups is 1. The van der Waals surface area contributed by atoms with Crippen molar-refractivity contribution in [2.24, 2.45) is 0 Å². The molecule has 0 bridgehead atoms. The first-order valence-electron chi connectivity index (χ1n) is 12.6. The number of fused-ring (bicyclic) bond motifs is 1. The average molecular weight is 514 g/mol. The van der Waals surface area contributed by atoms with Crippen LogP contribution in [0.15, 0.2) is 54.7 Å². The van der Waals surface area contributed by atoms with Crippen LogP contribution in [0.4, 0.5) is 5.69 Å². The highest BCUT2D eigenvalue weighted by Gasteiger charge is 2.19. The number of aromatic nitrogens is 1. The summed E-state index contributed by atoms with van der Waals surface area (Å²) in [6, 6.07) is 15.7. The van der Waals surface area contributed by atoms with Gasteiger partial charge < -0.3 is 15.1 Å². The largest absolute Gasteiger partial charge is 0.368 e. The van der Waals surface area contributed by atoms with E-state index in [9.17, 15) is 4.79 Å². The van der Waals surface area contributed by atoms with Crippen molar-refractivity contribution in [3.05, 3.63) is 70.3 Å². The van der Waals surface area contributed by atoms with Crippen LogP contribution in [0, 0.1) is 0 Å².